The Morgan fingerprint density at radius 2 is 1.85 bits per heavy atom. The van der Waals surface area contributed by atoms with Crippen molar-refractivity contribution in [3.05, 3.63) is 40.8 Å². The SMILES string of the molecule is CC(=O)O[C@H]1[C@@H](CO)O[C@@H](Sc2ccccc2)[C@H](OC(C)=O)[C@]1(O)N=[N+]=[N-]. The number of ether oxygens (including phenoxy) is 3. The summed E-state index contributed by atoms with van der Waals surface area (Å²) in [6.07, 6.45) is -4.28. The molecule has 5 atom stereocenters. The largest absolute Gasteiger partial charge is 0.456 e. The molecule has 146 valence electrons. The summed E-state index contributed by atoms with van der Waals surface area (Å²) in [5.41, 5.74) is 5.40. The van der Waals surface area contributed by atoms with Crippen molar-refractivity contribution in [2.24, 2.45) is 5.11 Å². The summed E-state index contributed by atoms with van der Waals surface area (Å²) < 4.78 is 15.9. The van der Waals surface area contributed by atoms with Gasteiger partial charge in [-0.1, -0.05) is 35.1 Å². The monoisotopic (exact) mass is 397 g/mol. The molecule has 0 spiro atoms. The first-order valence-corrected chi connectivity index (χ1v) is 8.81. The lowest BCUT2D eigenvalue weighted by molar-refractivity contribution is -0.265. The van der Waals surface area contributed by atoms with Crippen LogP contribution in [0.5, 0.6) is 0 Å². The van der Waals surface area contributed by atoms with Gasteiger partial charge in [-0.15, -0.1) is 0 Å². The first-order valence-electron chi connectivity index (χ1n) is 7.93. The zero-order valence-electron chi connectivity index (χ0n) is 14.6. The van der Waals surface area contributed by atoms with Crippen LogP contribution in [0.2, 0.25) is 0 Å². The first kappa shape index (κ1) is 21.0. The van der Waals surface area contributed by atoms with Gasteiger partial charge >= 0.3 is 11.9 Å². The van der Waals surface area contributed by atoms with Crippen molar-refractivity contribution in [3.63, 3.8) is 0 Å². The van der Waals surface area contributed by atoms with Gasteiger partial charge in [0.2, 0.25) is 5.72 Å². The molecular weight excluding hydrogens is 378 g/mol. The van der Waals surface area contributed by atoms with Crippen LogP contribution in [-0.4, -0.2) is 58.2 Å². The van der Waals surface area contributed by atoms with E-state index in [4.69, 9.17) is 19.7 Å². The van der Waals surface area contributed by atoms with Crippen LogP contribution in [0.4, 0.5) is 0 Å². The van der Waals surface area contributed by atoms with Gasteiger partial charge in [-0.3, -0.25) is 9.59 Å². The molecule has 11 heteroatoms. The number of hydrogen-bond acceptors (Lipinski definition) is 9. The van der Waals surface area contributed by atoms with Crippen LogP contribution in [0.3, 0.4) is 0 Å². The van der Waals surface area contributed by atoms with E-state index in [2.05, 4.69) is 10.0 Å². The van der Waals surface area contributed by atoms with E-state index >= 15 is 0 Å². The van der Waals surface area contributed by atoms with Gasteiger partial charge < -0.3 is 24.4 Å². The van der Waals surface area contributed by atoms with Crippen molar-refractivity contribution in [3.8, 4) is 0 Å². The van der Waals surface area contributed by atoms with Gasteiger partial charge in [-0.05, 0) is 17.7 Å². The zero-order chi connectivity index (χ0) is 20.0. The van der Waals surface area contributed by atoms with Gasteiger partial charge in [0.15, 0.2) is 12.2 Å². The molecule has 0 radical (unpaired) electrons. The standard InChI is InChI=1S/C16H19N3O7S/c1-9(21)24-13-12(8-20)26-15(27-11-6-4-3-5-7-11)14(25-10(2)22)16(13,23)18-19-17/h3-7,12-15,20,23H,8H2,1-2H3/t12-,13+,14+,15+,16+/m1/s1. The number of thioether (sulfide) groups is 1. The maximum atomic E-state index is 11.6. The fraction of sp³-hybridized carbons (Fsp3) is 0.500. The van der Waals surface area contributed by atoms with Crippen LogP contribution in [0.25, 0.3) is 10.4 Å². The van der Waals surface area contributed by atoms with E-state index in [1.165, 1.54) is 0 Å². The molecule has 10 nitrogen and oxygen atoms in total. The Balaban J connectivity index is 2.48. The fourth-order valence-corrected chi connectivity index (χ4v) is 3.82. The third kappa shape index (κ3) is 4.90. The van der Waals surface area contributed by atoms with Gasteiger partial charge in [-0.2, -0.15) is 0 Å². The Kier molecular flexibility index (Phi) is 7.05. The molecule has 1 fully saturated rings. The quantitative estimate of drug-likeness (QED) is 0.316. The van der Waals surface area contributed by atoms with Crippen LogP contribution < -0.4 is 0 Å². The highest BCUT2D eigenvalue weighted by molar-refractivity contribution is 7.99. The molecule has 2 rings (SSSR count). The Morgan fingerprint density at radius 3 is 2.37 bits per heavy atom. The molecule has 0 unspecified atom stereocenters. The van der Waals surface area contributed by atoms with E-state index in [0.717, 1.165) is 25.6 Å². The molecule has 0 aromatic heterocycles. The molecule has 1 aromatic carbocycles. The minimum absolute atomic E-state index is 0.639. The first-order chi connectivity index (χ1) is 12.8. The molecule has 1 heterocycles. The Bertz CT molecular complexity index is 728. The van der Waals surface area contributed by atoms with Crippen LogP contribution in [0, 0.1) is 0 Å². The molecule has 2 N–H and O–H groups in total. The average Bonchev–Trinajstić information content (AvgIpc) is 2.61. The number of aliphatic hydroxyl groups excluding tert-OH is 1. The van der Waals surface area contributed by atoms with E-state index in [1.54, 1.807) is 30.3 Å². The predicted molar refractivity (Wildman–Crippen MR) is 93.2 cm³/mol. The summed E-state index contributed by atoms with van der Waals surface area (Å²) in [5.74, 6) is -1.57. The number of rotatable bonds is 6. The average molecular weight is 397 g/mol. The van der Waals surface area contributed by atoms with Gasteiger partial charge in [0.1, 0.15) is 11.5 Å². The fourth-order valence-electron chi connectivity index (χ4n) is 2.66. The van der Waals surface area contributed by atoms with Gasteiger partial charge in [0.25, 0.3) is 0 Å². The number of benzene rings is 1. The second-order valence-corrected chi connectivity index (χ2v) is 6.86. The van der Waals surface area contributed by atoms with E-state index in [0.29, 0.717) is 4.90 Å². The molecule has 0 bridgehead atoms. The lowest BCUT2D eigenvalue weighted by Crippen LogP contribution is -2.67. The highest BCUT2D eigenvalue weighted by Gasteiger charge is 2.59. The topological polar surface area (TPSA) is 151 Å². The van der Waals surface area contributed by atoms with Crippen LogP contribution in [0.15, 0.2) is 40.3 Å². The smallest absolute Gasteiger partial charge is 0.303 e. The van der Waals surface area contributed by atoms with Gasteiger partial charge in [-0.25, -0.2) is 0 Å². The summed E-state index contributed by atoms with van der Waals surface area (Å²) in [4.78, 5) is 26.4. The maximum Gasteiger partial charge on any atom is 0.303 e. The third-order valence-corrected chi connectivity index (χ3v) is 4.83. The van der Waals surface area contributed by atoms with Crippen LogP contribution in [-0.2, 0) is 23.8 Å². The zero-order valence-corrected chi connectivity index (χ0v) is 15.4. The summed E-state index contributed by atoms with van der Waals surface area (Å²) in [5, 5.41) is 24.1. The number of azide groups is 1. The highest BCUT2D eigenvalue weighted by atomic mass is 32.2. The molecular formula is C16H19N3O7S. The molecule has 0 aliphatic carbocycles. The van der Waals surface area contributed by atoms with E-state index < -0.39 is 48.0 Å². The summed E-state index contributed by atoms with van der Waals surface area (Å²) in [7, 11) is 0. The van der Waals surface area contributed by atoms with Crippen molar-refractivity contribution in [1.29, 1.82) is 0 Å². The van der Waals surface area contributed by atoms with E-state index in [-0.39, 0.29) is 0 Å². The summed E-state index contributed by atoms with van der Waals surface area (Å²) in [6.45, 7) is 1.55. The summed E-state index contributed by atoms with van der Waals surface area (Å²) in [6, 6.07) is 8.88. The van der Waals surface area contributed by atoms with Crippen molar-refractivity contribution >= 4 is 23.7 Å². The number of hydrogen-bond donors (Lipinski definition) is 2. The van der Waals surface area contributed by atoms with Crippen molar-refractivity contribution < 1.29 is 34.0 Å². The molecule has 1 aliphatic heterocycles. The second-order valence-electron chi connectivity index (χ2n) is 5.69. The van der Waals surface area contributed by atoms with Gasteiger partial charge in [0, 0.05) is 23.7 Å². The predicted octanol–water partition coefficient (Wildman–Crippen LogP) is 1.36. The van der Waals surface area contributed by atoms with Gasteiger partial charge in [0.05, 0.1) is 6.61 Å². The van der Waals surface area contributed by atoms with Crippen LogP contribution >= 0.6 is 11.8 Å². The molecule has 1 aromatic rings. The maximum absolute atomic E-state index is 11.6. The number of aliphatic hydroxyl groups is 2. The number of carbonyl (C=O) groups is 2. The van der Waals surface area contributed by atoms with Crippen molar-refractivity contribution in [1.82, 2.24) is 0 Å². The Hall–Kier alpha value is -2.30. The van der Waals surface area contributed by atoms with Crippen molar-refractivity contribution in [2.75, 3.05) is 6.61 Å². The third-order valence-electron chi connectivity index (χ3n) is 3.70. The molecule has 27 heavy (non-hydrogen) atoms. The Morgan fingerprint density at radius 1 is 1.26 bits per heavy atom. The Labute approximate surface area is 159 Å². The lowest BCUT2D eigenvalue weighted by Gasteiger charge is -2.47. The molecule has 1 aliphatic rings. The highest BCUT2D eigenvalue weighted by Crippen LogP contribution is 2.41. The van der Waals surface area contributed by atoms with E-state index in [1.807, 2.05) is 0 Å². The van der Waals surface area contributed by atoms with Crippen LogP contribution in [0.1, 0.15) is 13.8 Å². The van der Waals surface area contributed by atoms with E-state index in [9.17, 15) is 19.8 Å². The lowest BCUT2D eigenvalue weighted by atomic mass is 9.93. The molecule has 0 amide bonds. The van der Waals surface area contributed by atoms with Crippen molar-refractivity contribution in [2.45, 2.75) is 48.2 Å². The summed E-state index contributed by atoms with van der Waals surface area (Å²) >= 11 is 1.09. The molecule has 1 saturated heterocycles. The number of nitrogens with zero attached hydrogens (tertiary/aromatic N) is 3. The number of carbonyl (C=O) groups excluding carboxylic acids is 2. The molecule has 0 saturated carbocycles. The minimum atomic E-state index is -2.48. The minimum Gasteiger partial charge on any atom is -0.456 e. The second kappa shape index (κ2) is 9.07. The normalized spacial score (nSPS) is 30.1. The number of esters is 2.